The molecule has 1 atom stereocenters. The molecule has 1 unspecified atom stereocenters. The van der Waals surface area contributed by atoms with E-state index in [0.717, 1.165) is 19.6 Å². The number of rotatable bonds is 4. The number of aromatic hydroxyl groups is 1. The summed E-state index contributed by atoms with van der Waals surface area (Å²) >= 11 is 0. The van der Waals surface area contributed by atoms with Crippen LogP contribution in [0.1, 0.15) is 35.6 Å². The molecule has 26 heavy (non-hydrogen) atoms. The lowest BCUT2D eigenvalue weighted by Crippen LogP contribution is -2.34. The van der Waals surface area contributed by atoms with Gasteiger partial charge in [-0.05, 0) is 49.6 Å². The lowest BCUT2D eigenvalue weighted by Gasteiger charge is -2.32. The number of aromatic nitrogens is 2. The Bertz CT molecular complexity index is 852. The predicted octanol–water partition coefficient (Wildman–Crippen LogP) is 4.47. The lowest BCUT2D eigenvalue weighted by molar-refractivity contribution is 0.198. The maximum atomic E-state index is 9.46. The highest BCUT2D eigenvalue weighted by atomic mass is 16.3. The molecule has 1 aliphatic rings. The van der Waals surface area contributed by atoms with E-state index in [4.69, 9.17) is 0 Å². The van der Waals surface area contributed by atoms with E-state index < -0.39 is 0 Å². The van der Waals surface area contributed by atoms with Gasteiger partial charge in [-0.25, -0.2) is 0 Å². The molecule has 0 saturated carbocycles. The van der Waals surface area contributed by atoms with Gasteiger partial charge in [0.2, 0.25) is 0 Å². The molecule has 0 spiro atoms. The standard InChI is InChI=1S/C22H25N3O/c1-16-4-8-18(9-5-16)21-13-23-24-22(21)19-3-2-12-25(15-19)14-17-6-10-20(26)11-7-17/h4-11,13,19,26H,2-3,12,14-15H2,1H3,(H,23,24). The van der Waals surface area contributed by atoms with Crippen LogP contribution in [0.5, 0.6) is 5.75 Å². The number of H-pyrrole nitrogens is 1. The van der Waals surface area contributed by atoms with Gasteiger partial charge in [0.25, 0.3) is 0 Å². The third-order valence-corrected chi connectivity index (χ3v) is 5.29. The molecule has 1 saturated heterocycles. The first-order valence-electron chi connectivity index (χ1n) is 9.29. The number of aromatic amines is 1. The van der Waals surface area contributed by atoms with Crippen LogP contribution in [-0.4, -0.2) is 33.3 Å². The normalized spacial score (nSPS) is 18.1. The average molecular weight is 347 g/mol. The Morgan fingerprint density at radius 1 is 1.12 bits per heavy atom. The second kappa shape index (κ2) is 7.34. The summed E-state index contributed by atoms with van der Waals surface area (Å²) in [5.41, 5.74) is 6.23. The molecule has 1 fully saturated rings. The van der Waals surface area contributed by atoms with Crippen molar-refractivity contribution in [2.24, 2.45) is 0 Å². The number of phenolic OH excluding ortho intramolecular Hbond substituents is 1. The maximum absolute atomic E-state index is 9.46. The maximum Gasteiger partial charge on any atom is 0.115 e. The first-order valence-corrected chi connectivity index (χ1v) is 9.29. The summed E-state index contributed by atoms with van der Waals surface area (Å²) in [6.07, 6.45) is 4.33. The van der Waals surface area contributed by atoms with Crippen LogP contribution >= 0.6 is 0 Å². The van der Waals surface area contributed by atoms with Crippen LogP contribution in [-0.2, 0) is 6.54 Å². The fourth-order valence-electron chi connectivity index (χ4n) is 3.86. The van der Waals surface area contributed by atoms with Gasteiger partial charge in [0.15, 0.2) is 0 Å². The first kappa shape index (κ1) is 16.9. The zero-order valence-electron chi connectivity index (χ0n) is 15.2. The molecule has 0 aliphatic carbocycles. The third-order valence-electron chi connectivity index (χ3n) is 5.29. The minimum atomic E-state index is 0.325. The van der Waals surface area contributed by atoms with Crippen LogP contribution in [0.3, 0.4) is 0 Å². The third kappa shape index (κ3) is 3.65. The van der Waals surface area contributed by atoms with Crippen molar-refractivity contribution in [3.05, 3.63) is 71.5 Å². The van der Waals surface area contributed by atoms with Crippen molar-refractivity contribution in [1.82, 2.24) is 15.1 Å². The number of aryl methyl sites for hydroxylation is 1. The molecule has 0 bridgehead atoms. The first-order chi connectivity index (χ1) is 12.7. The van der Waals surface area contributed by atoms with E-state index in [-0.39, 0.29) is 0 Å². The minimum Gasteiger partial charge on any atom is -0.508 e. The fraction of sp³-hybridized carbons (Fsp3) is 0.318. The smallest absolute Gasteiger partial charge is 0.115 e. The van der Waals surface area contributed by atoms with Gasteiger partial charge < -0.3 is 5.11 Å². The van der Waals surface area contributed by atoms with Gasteiger partial charge in [-0.15, -0.1) is 0 Å². The van der Waals surface area contributed by atoms with Gasteiger partial charge in [-0.3, -0.25) is 10.00 Å². The summed E-state index contributed by atoms with van der Waals surface area (Å²) in [5.74, 6) is 0.796. The summed E-state index contributed by atoms with van der Waals surface area (Å²) < 4.78 is 0. The topological polar surface area (TPSA) is 52.2 Å². The van der Waals surface area contributed by atoms with E-state index in [0.29, 0.717) is 11.7 Å². The van der Waals surface area contributed by atoms with Crippen molar-refractivity contribution < 1.29 is 5.11 Å². The van der Waals surface area contributed by atoms with Gasteiger partial charge in [0.1, 0.15) is 5.75 Å². The van der Waals surface area contributed by atoms with E-state index in [1.54, 1.807) is 12.1 Å². The molecule has 3 aromatic rings. The van der Waals surface area contributed by atoms with Crippen LogP contribution < -0.4 is 0 Å². The van der Waals surface area contributed by atoms with Crippen LogP contribution in [0.15, 0.2) is 54.7 Å². The lowest BCUT2D eigenvalue weighted by atomic mass is 9.90. The molecular formula is C22H25N3O. The van der Waals surface area contributed by atoms with Crippen LogP contribution in [0.4, 0.5) is 0 Å². The summed E-state index contributed by atoms with van der Waals surface area (Å²) in [6.45, 7) is 5.18. The highest BCUT2D eigenvalue weighted by molar-refractivity contribution is 5.66. The number of nitrogens with zero attached hydrogens (tertiary/aromatic N) is 2. The van der Waals surface area contributed by atoms with Gasteiger partial charge >= 0.3 is 0 Å². The summed E-state index contributed by atoms with van der Waals surface area (Å²) in [6, 6.07) is 16.2. The monoisotopic (exact) mass is 347 g/mol. The van der Waals surface area contributed by atoms with Crippen molar-refractivity contribution in [3.63, 3.8) is 0 Å². The number of benzene rings is 2. The van der Waals surface area contributed by atoms with Gasteiger partial charge in [0, 0.05) is 30.3 Å². The van der Waals surface area contributed by atoms with Crippen LogP contribution in [0, 0.1) is 6.92 Å². The Balaban J connectivity index is 1.51. The SMILES string of the molecule is Cc1ccc(-c2cn[nH]c2C2CCCN(Cc3ccc(O)cc3)C2)cc1. The van der Waals surface area contributed by atoms with Crippen molar-refractivity contribution in [1.29, 1.82) is 0 Å². The Morgan fingerprint density at radius 2 is 1.88 bits per heavy atom. The highest BCUT2D eigenvalue weighted by Crippen LogP contribution is 2.33. The van der Waals surface area contributed by atoms with Crippen LogP contribution in [0.25, 0.3) is 11.1 Å². The number of nitrogens with one attached hydrogen (secondary N) is 1. The largest absolute Gasteiger partial charge is 0.508 e. The highest BCUT2D eigenvalue weighted by Gasteiger charge is 2.25. The predicted molar refractivity (Wildman–Crippen MR) is 104 cm³/mol. The summed E-state index contributed by atoms with van der Waals surface area (Å²) in [4.78, 5) is 2.50. The Morgan fingerprint density at radius 3 is 2.65 bits per heavy atom. The number of likely N-dealkylation sites (tertiary alicyclic amines) is 1. The zero-order valence-corrected chi connectivity index (χ0v) is 15.2. The molecule has 1 aromatic heterocycles. The molecule has 0 radical (unpaired) electrons. The Labute approximate surface area is 154 Å². The second-order valence-electron chi connectivity index (χ2n) is 7.30. The fourth-order valence-corrected chi connectivity index (χ4v) is 3.86. The van der Waals surface area contributed by atoms with Crippen molar-refractivity contribution in [2.45, 2.75) is 32.2 Å². The van der Waals surface area contributed by atoms with Crippen molar-refractivity contribution in [3.8, 4) is 16.9 Å². The van der Waals surface area contributed by atoms with Gasteiger partial charge in [-0.1, -0.05) is 42.0 Å². The average Bonchev–Trinajstić information content (AvgIpc) is 3.14. The number of piperidine rings is 1. The second-order valence-corrected chi connectivity index (χ2v) is 7.30. The Hall–Kier alpha value is -2.59. The van der Waals surface area contributed by atoms with Crippen molar-refractivity contribution in [2.75, 3.05) is 13.1 Å². The molecule has 4 nitrogen and oxygen atoms in total. The van der Waals surface area contributed by atoms with Gasteiger partial charge in [0.05, 0.1) is 6.20 Å². The van der Waals surface area contributed by atoms with E-state index in [2.05, 4.69) is 46.3 Å². The molecule has 0 amide bonds. The molecule has 4 heteroatoms. The van der Waals surface area contributed by atoms with E-state index in [1.807, 2.05) is 18.3 Å². The molecule has 4 rings (SSSR count). The molecule has 2 heterocycles. The zero-order chi connectivity index (χ0) is 17.9. The number of hydrogen-bond acceptors (Lipinski definition) is 3. The summed E-state index contributed by atoms with van der Waals surface area (Å²) in [5, 5.41) is 17.1. The van der Waals surface area contributed by atoms with E-state index >= 15 is 0 Å². The minimum absolute atomic E-state index is 0.325. The van der Waals surface area contributed by atoms with Gasteiger partial charge in [-0.2, -0.15) is 5.10 Å². The molecule has 134 valence electrons. The van der Waals surface area contributed by atoms with E-state index in [1.165, 1.54) is 40.8 Å². The molecule has 1 aliphatic heterocycles. The Kier molecular flexibility index (Phi) is 4.76. The molecular weight excluding hydrogens is 322 g/mol. The molecule has 2 aromatic carbocycles. The summed E-state index contributed by atoms with van der Waals surface area (Å²) in [7, 11) is 0. The number of phenols is 1. The number of hydrogen-bond donors (Lipinski definition) is 2. The quantitative estimate of drug-likeness (QED) is 0.732. The van der Waals surface area contributed by atoms with Crippen LogP contribution in [0.2, 0.25) is 0 Å². The van der Waals surface area contributed by atoms with E-state index in [9.17, 15) is 5.11 Å². The van der Waals surface area contributed by atoms with Crippen molar-refractivity contribution >= 4 is 0 Å². The molecule has 2 N–H and O–H groups in total.